The van der Waals surface area contributed by atoms with Gasteiger partial charge in [-0.15, -0.1) is 0 Å². The lowest BCUT2D eigenvalue weighted by molar-refractivity contribution is -0.107. The standard InChI is InChI=1S/C24H27F2N7O2.C3H6O.C3H8.C2H6/c1-15-4-8-17(9-5-15)24(12-13-24)32-21-29-20(30-22(31-21)35-14-23(2,25)26)28-18-10-6-16(7-11-18)19(34)33-27-3;1-2-3-4;1-3-2;1-2/h4-11,27H,12-14H2,1-3H3,(H,33,34)(H2,28,29,30,31,32);3H,2H2,1H3;3H2,1-2H3;1-2H3. The Morgan fingerprint density at radius 1 is 0.977 bits per heavy atom. The van der Waals surface area contributed by atoms with Gasteiger partial charge in [-0.2, -0.15) is 15.0 Å². The summed E-state index contributed by atoms with van der Waals surface area (Å²) in [6.07, 6.45) is 4.52. The summed E-state index contributed by atoms with van der Waals surface area (Å²) in [5, 5.41) is 6.35. The van der Waals surface area contributed by atoms with Crippen LogP contribution in [0.3, 0.4) is 0 Å². The van der Waals surface area contributed by atoms with Gasteiger partial charge in [-0.05, 0) is 49.6 Å². The van der Waals surface area contributed by atoms with E-state index in [9.17, 15) is 18.4 Å². The number of hydrogen-bond acceptors (Lipinski definition) is 9. The zero-order valence-electron chi connectivity index (χ0n) is 27.1. The Kier molecular flexibility index (Phi) is 16.5. The molecule has 44 heavy (non-hydrogen) atoms. The molecule has 0 aliphatic heterocycles. The molecule has 1 aromatic heterocycles. The molecule has 4 N–H and O–H groups in total. The summed E-state index contributed by atoms with van der Waals surface area (Å²) in [5.74, 6) is -3.01. The van der Waals surface area contributed by atoms with Crippen LogP contribution in [0.15, 0.2) is 48.5 Å². The normalized spacial score (nSPS) is 12.4. The fraction of sp³-hybridized carbons (Fsp3) is 0.469. The zero-order chi connectivity index (χ0) is 33.2. The number of aryl methyl sites for hydroxylation is 1. The van der Waals surface area contributed by atoms with E-state index in [2.05, 4.69) is 62.4 Å². The first-order valence-electron chi connectivity index (χ1n) is 14.9. The maximum Gasteiger partial charge on any atom is 0.323 e. The lowest BCUT2D eigenvalue weighted by atomic mass is 10.0. The van der Waals surface area contributed by atoms with Gasteiger partial charge in [0, 0.05) is 31.6 Å². The minimum absolute atomic E-state index is 0.115. The van der Waals surface area contributed by atoms with Crippen LogP contribution >= 0.6 is 0 Å². The molecule has 1 amide bonds. The highest BCUT2D eigenvalue weighted by Crippen LogP contribution is 2.48. The van der Waals surface area contributed by atoms with Gasteiger partial charge in [0.2, 0.25) is 11.9 Å². The molecular weight excluding hydrogens is 568 g/mol. The van der Waals surface area contributed by atoms with Crippen LogP contribution in [0.25, 0.3) is 0 Å². The third-order valence-corrected chi connectivity index (χ3v) is 5.58. The van der Waals surface area contributed by atoms with Gasteiger partial charge in [0.1, 0.15) is 6.29 Å². The van der Waals surface area contributed by atoms with Gasteiger partial charge < -0.3 is 20.2 Å². The Bertz CT molecular complexity index is 1260. The van der Waals surface area contributed by atoms with Gasteiger partial charge >= 0.3 is 6.01 Å². The van der Waals surface area contributed by atoms with Gasteiger partial charge in [0.25, 0.3) is 11.8 Å². The molecule has 1 aliphatic carbocycles. The maximum absolute atomic E-state index is 13.4. The van der Waals surface area contributed by atoms with Crippen molar-refractivity contribution in [2.45, 2.75) is 85.6 Å². The van der Waals surface area contributed by atoms with Gasteiger partial charge in [0.15, 0.2) is 6.61 Å². The summed E-state index contributed by atoms with van der Waals surface area (Å²) in [4.78, 5) is 33.9. The van der Waals surface area contributed by atoms with Gasteiger partial charge in [0.05, 0.1) is 5.54 Å². The van der Waals surface area contributed by atoms with Crippen molar-refractivity contribution in [1.82, 2.24) is 25.8 Å². The molecule has 0 unspecified atom stereocenters. The quantitative estimate of drug-likeness (QED) is 0.134. The van der Waals surface area contributed by atoms with Crippen LogP contribution in [0.1, 0.15) is 88.7 Å². The number of alkyl halides is 2. The minimum Gasteiger partial charge on any atom is -0.457 e. The molecule has 2 aromatic carbocycles. The Balaban J connectivity index is 0.000000961. The first-order valence-corrected chi connectivity index (χ1v) is 14.9. The number of nitrogens with one attached hydrogen (secondary N) is 4. The number of ether oxygens (including phenoxy) is 1. The van der Waals surface area contributed by atoms with E-state index in [1.165, 1.54) is 6.42 Å². The number of halogens is 2. The van der Waals surface area contributed by atoms with Crippen LogP contribution in [-0.2, 0) is 10.3 Å². The average molecular weight is 616 g/mol. The Morgan fingerprint density at radius 3 is 2.00 bits per heavy atom. The highest BCUT2D eigenvalue weighted by atomic mass is 19.3. The molecule has 0 atom stereocenters. The molecule has 1 fully saturated rings. The van der Waals surface area contributed by atoms with Crippen LogP contribution in [0.4, 0.5) is 26.4 Å². The zero-order valence-corrected chi connectivity index (χ0v) is 27.1. The summed E-state index contributed by atoms with van der Waals surface area (Å²) >= 11 is 0. The maximum atomic E-state index is 13.4. The predicted octanol–water partition coefficient (Wildman–Crippen LogP) is 6.96. The average Bonchev–Trinajstić information content (AvgIpc) is 3.78. The highest BCUT2D eigenvalue weighted by molar-refractivity contribution is 5.94. The number of amides is 1. The van der Waals surface area contributed by atoms with E-state index < -0.39 is 12.5 Å². The molecule has 0 radical (unpaired) electrons. The number of benzene rings is 2. The topological polar surface area (TPSA) is 130 Å². The number of rotatable bonds is 11. The number of carbonyl (C=O) groups excluding carboxylic acids is 2. The van der Waals surface area contributed by atoms with Crippen molar-refractivity contribution in [3.63, 3.8) is 0 Å². The molecule has 4 rings (SSSR count). The van der Waals surface area contributed by atoms with Gasteiger partial charge in [-0.25, -0.2) is 14.2 Å². The lowest BCUT2D eigenvalue weighted by Crippen LogP contribution is -2.34. The second-order valence-electron chi connectivity index (χ2n) is 9.89. The van der Waals surface area contributed by atoms with Crippen LogP contribution in [0, 0.1) is 6.92 Å². The third kappa shape index (κ3) is 13.4. The van der Waals surface area contributed by atoms with E-state index in [-0.39, 0.29) is 29.4 Å². The number of aldehydes is 1. The lowest BCUT2D eigenvalue weighted by Gasteiger charge is -2.19. The monoisotopic (exact) mass is 615 g/mol. The molecule has 1 saturated carbocycles. The van der Waals surface area contributed by atoms with Crippen LogP contribution in [-0.4, -0.2) is 46.7 Å². The Hall–Kier alpha value is -4.19. The number of nitrogens with zero attached hydrogens (tertiary/aromatic N) is 3. The van der Waals surface area contributed by atoms with Crippen molar-refractivity contribution in [2.24, 2.45) is 0 Å². The number of hydrazine groups is 1. The number of aromatic nitrogens is 3. The molecular formula is C32H47F2N7O3. The molecule has 10 nitrogen and oxygen atoms in total. The van der Waals surface area contributed by atoms with E-state index in [4.69, 9.17) is 4.74 Å². The second kappa shape index (κ2) is 19.2. The van der Waals surface area contributed by atoms with E-state index in [0.717, 1.165) is 37.2 Å². The summed E-state index contributed by atoms with van der Waals surface area (Å²) < 4.78 is 31.9. The first-order chi connectivity index (χ1) is 21.0. The SMILES string of the molecule is CC.CCC.CCC=O.CNNC(=O)c1ccc(Nc2nc(NC3(c4ccc(C)cc4)CC3)nc(OCC(C)(F)F)n2)cc1. The van der Waals surface area contributed by atoms with Gasteiger partial charge in [-0.1, -0.05) is 70.9 Å². The predicted molar refractivity (Wildman–Crippen MR) is 172 cm³/mol. The van der Waals surface area contributed by atoms with Crippen molar-refractivity contribution in [3.05, 3.63) is 65.2 Å². The van der Waals surface area contributed by atoms with Crippen molar-refractivity contribution < 1.29 is 23.1 Å². The molecule has 1 aliphatic rings. The van der Waals surface area contributed by atoms with E-state index in [1.807, 2.05) is 39.8 Å². The van der Waals surface area contributed by atoms with Crippen LogP contribution < -0.4 is 26.2 Å². The minimum atomic E-state index is -3.04. The fourth-order valence-electron chi connectivity index (χ4n) is 3.44. The summed E-state index contributed by atoms with van der Waals surface area (Å²) in [6, 6.07) is 14.6. The molecule has 1 heterocycles. The van der Waals surface area contributed by atoms with Crippen molar-refractivity contribution in [1.29, 1.82) is 0 Å². The molecule has 12 heteroatoms. The molecule has 0 bridgehead atoms. The number of hydrogen-bond donors (Lipinski definition) is 4. The van der Waals surface area contributed by atoms with Crippen molar-refractivity contribution in [2.75, 3.05) is 24.3 Å². The summed E-state index contributed by atoms with van der Waals surface area (Å²) in [6.45, 7) is 12.0. The van der Waals surface area contributed by atoms with E-state index in [1.54, 1.807) is 31.3 Å². The van der Waals surface area contributed by atoms with Crippen LogP contribution in [0.2, 0.25) is 0 Å². The fourth-order valence-corrected chi connectivity index (χ4v) is 3.44. The van der Waals surface area contributed by atoms with Crippen molar-refractivity contribution in [3.8, 4) is 6.01 Å². The van der Waals surface area contributed by atoms with E-state index in [0.29, 0.717) is 17.7 Å². The third-order valence-electron chi connectivity index (χ3n) is 5.58. The smallest absolute Gasteiger partial charge is 0.323 e. The Morgan fingerprint density at radius 2 is 1.52 bits per heavy atom. The second-order valence-corrected chi connectivity index (χ2v) is 9.89. The largest absolute Gasteiger partial charge is 0.457 e. The first kappa shape index (κ1) is 37.8. The number of anilines is 3. The summed E-state index contributed by atoms with van der Waals surface area (Å²) in [5.41, 5.74) is 8.02. The van der Waals surface area contributed by atoms with Crippen LogP contribution in [0.5, 0.6) is 6.01 Å². The molecule has 242 valence electrons. The summed E-state index contributed by atoms with van der Waals surface area (Å²) in [7, 11) is 1.60. The Labute approximate surface area is 259 Å². The molecule has 0 saturated heterocycles. The van der Waals surface area contributed by atoms with Crippen molar-refractivity contribution >= 4 is 29.8 Å². The van der Waals surface area contributed by atoms with Gasteiger partial charge in [-0.3, -0.25) is 10.2 Å². The molecule has 0 spiro atoms. The highest BCUT2D eigenvalue weighted by Gasteiger charge is 2.45. The molecule has 3 aromatic rings. The number of carbonyl (C=O) groups is 2. The van der Waals surface area contributed by atoms with E-state index >= 15 is 0 Å².